The Labute approximate surface area is 209 Å². The summed E-state index contributed by atoms with van der Waals surface area (Å²) in [4.78, 5) is 46.5. The summed E-state index contributed by atoms with van der Waals surface area (Å²) in [6.07, 6.45) is 2.41. The van der Waals surface area contributed by atoms with E-state index in [1.54, 1.807) is 41.8 Å². The molecular formula is C27H30N4O5. The number of carbonyl (C=O) groups is 3. The first-order valence-corrected chi connectivity index (χ1v) is 11.7. The number of pyridine rings is 1. The third-order valence-electron chi connectivity index (χ3n) is 6.44. The summed E-state index contributed by atoms with van der Waals surface area (Å²) in [6.45, 7) is 4.73. The number of aromatic nitrogens is 2. The number of Topliss-reactive ketones (excluding diaryl/α,β-unsaturated/α-hetero) is 1. The zero-order chi connectivity index (χ0) is 26.1. The average Bonchev–Trinajstić information content (AvgIpc) is 3.32. The molecule has 1 saturated heterocycles. The lowest BCUT2D eigenvalue weighted by atomic mass is 9.95. The Bertz CT molecular complexity index is 1370. The van der Waals surface area contributed by atoms with Gasteiger partial charge in [0, 0.05) is 12.7 Å². The van der Waals surface area contributed by atoms with E-state index in [0.717, 1.165) is 12.1 Å². The van der Waals surface area contributed by atoms with Gasteiger partial charge in [0.25, 0.3) is 11.7 Å². The number of carbonyl (C=O) groups excluding carboxylic acids is 3. The van der Waals surface area contributed by atoms with Gasteiger partial charge in [0.15, 0.2) is 5.76 Å². The van der Waals surface area contributed by atoms with Crippen molar-refractivity contribution in [3.05, 3.63) is 76.2 Å². The highest BCUT2D eigenvalue weighted by molar-refractivity contribution is 6.46. The Morgan fingerprint density at radius 2 is 1.83 bits per heavy atom. The number of aliphatic hydroxyl groups excluding tert-OH is 1. The summed E-state index contributed by atoms with van der Waals surface area (Å²) in [5.41, 5.74) is 3.45. The monoisotopic (exact) mass is 490 g/mol. The van der Waals surface area contributed by atoms with Crippen molar-refractivity contribution in [3.63, 3.8) is 0 Å². The molecule has 3 aromatic rings. The van der Waals surface area contributed by atoms with Crippen LogP contribution in [0.15, 0.2) is 48.2 Å². The third-order valence-corrected chi connectivity index (χ3v) is 6.44. The molecule has 9 heteroatoms. The molecule has 4 rings (SSSR count). The summed E-state index contributed by atoms with van der Waals surface area (Å²) in [5, 5.41) is 11.5. The molecule has 1 aliphatic heterocycles. The lowest BCUT2D eigenvalue weighted by Crippen LogP contribution is -2.32. The quantitative estimate of drug-likeness (QED) is 0.235. The molecule has 1 fully saturated rings. The van der Waals surface area contributed by atoms with Gasteiger partial charge in [-0.2, -0.15) is 0 Å². The number of aryl methyl sites for hydroxylation is 2. The van der Waals surface area contributed by atoms with Gasteiger partial charge in [0.2, 0.25) is 0 Å². The predicted molar refractivity (Wildman–Crippen MR) is 135 cm³/mol. The number of fused-ring (bicyclic) bond motifs is 1. The van der Waals surface area contributed by atoms with Gasteiger partial charge in [-0.15, -0.1) is 0 Å². The smallest absolute Gasteiger partial charge is 0.337 e. The van der Waals surface area contributed by atoms with E-state index in [4.69, 9.17) is 4.74 Å². The second kappa shape index (κ2) is 9.94. The minimum atomic E-state index is -0.811. The van der Waals surface area contributed by atoms with E-state index in [9.17, 15) is 19.5 Å². The van der Waals surface area contributed by atoms with E-state index in [2.05, 4.69) is 4.98 Å². The van der Waals surface area contributed by atoms with Crippen LogP contribution in [-0.2, 0) is 14.3 Å². The van der Waals surface area contributed by atoms with E-state index in [1.165, 1.54) is 12.0 Å². The second-order valence-corrected chi connectivity index (χ2v) is 9.19. The summed E-state index contributed by atoms with van der Waals surface area (Å²) >= 11 is 0. The number of hydrogen-bond acceptors (Lipinski definition) is 7. The first kappa shape index (κ1) is 25.1. The molecule has 36 heavy (non-hydrogen) atoms. The van der Waals surface area contributed by atoms with Gasteiger partial charge in [-0.05, 0) is 70.2 Å². The van der Waals surface area contributed by atoms with Gasteiger partial charge in [-0.3, -0.25) is 14.0 Å². The number of nitrogens with zero attached hydrogens (tertiary/aromatic N) is 4. The molecule has 188 valence electrons. The predicted octanol–water partition coefficient (Wildman–Crippen LogP) is 3.11. The number of methoxy groups -OCH3 is 1. The molecule has 0 aliphatic carbocycles. The summed E-state index contributed by atoms with van der Waals surface area (Å²) in [5.74, 6) is -2.18. The van der Waals surface area contributed by atoms with Gasteiger partial charge in [0.1, 0.15) is 11.3 Å². The molecule has 1 atom stereocenters. The Morgan fingerprint density at radius 1 is 1.14 bits per heavy atom. The van der Waals surface area contributed by atoms with Crippen molar-refractivity contribution in [1.82, 2.24) is 19.2 Å². The van der Waals surface area contributed by atoms with Crippen molar-refractivity contribution < 1.29 is 24.2 Å². The molecule has 1 aromatic carbocycles. The van der Waals surface area contributed by atoms with Crippen LogP contribution in [-0.4, -0.2) is 76.2 Å². The van der Waals surface area contributed by atoms with Crippen LogP contribution in [0.2, 0.25) is 0 Å². The fourth-order valence-corrected chi connectivity index (χ4v) is 4.66. The maximum Gasteiger partial charge on any atom is 0.337 e. The molecule has 0 spiro atoms. The van der Waals surface area contributed by atoms with Gasteiger partial charge in [-0.1, -0.05) is 18.2 Å². The lowest BCUT2D eigenvalue weighted by molar-refractivity contribution is -0.139. The van der Waals surface area contributed by atoms with Crippen LogP contribution in [0.25, 0.3) is 11.4 Å². The van der Waals surface area contributed by atoms with Crippen LogP contribution in [0.5, 0.6) is 0 Å². The fraction of sp³-hybridized carbons (Fsp3) is 0.333. The van der Waals surface area contributed by atoms with Gasteiger partial charge in [0.05, 0.1) is 30.0 Å². The maximum absolute atomic E-state index is 13.3. The number of ketones is 1. The molecule has 1 amide bonds. The molecule has 1 aliphatic rings. The van der Waals surface area contributed by atoms with Crippen LogP contribution < -0.4 is 0 Å². The molecule has 3 heterocycles. The standard InChI is InChI=1S/C27H30N4O5/c1-16-8-6-14-30-21(17(2)28-25(16)30)23(32)20-22(18-9-11-19(12-10-18)27(35)36-5)31(26(34)24(20)33)15-7-13-29(3)4/h6,8-12,14,22,32H,7,13,15H2,1-5H3/b23-20+/t22-/m1/s1. The minimum absolute atomic E-state index is 0.00192. The maximum atomic E-state index is 13.3. The largest absolute Gasteiger partial charge is 0.505 e. The molecule has 0 unspecified atom stereocenters. The molecule has 1 N–H and O–H groups in total. The van der Waals surface area contributed by atoms with Crippen LogP contribution >= 0.6 is 0 Å². The van der Waals surface area contributed by atoms with E-state index in [1.807, 2.05) is 38.1 Å². The van der Waals surface area contributed by atoms with Crippen molar-refractivity contribution >= 4 is 29.1 Å². The van der Waals surface area contributed by atoms with Crippen molar-refractivity contribution in [2.45, 2.75) is 26.3 Å². The van der Waals surface area contributed by atoms with Crippen molar-refractivity contribution in [3.8, 4) is 0 Å². The van der Waals surface area contributed by atoms with Crippen LogP contribution in [0.4, 0.5) is 0 Å². The first-order chi connectivity index (χ1) is 17.1. The van der Waals surface area contributed by atoms with Gasteiger partial charge >= 0.3 is 5.97 Å². The molecule has 2 aromatic heterocycles. The summed E-state index contributed by atoms with van der Waals surface area (Å²) < 4.78 is 6.52. The molecule has 0 saturated carbocycles. The average molecular weight is 491 g/mol. The van der Waals surface area contributed by atoms with Crippen molar-refractivity contribution in [2.75, 3.05) is 34.3 Å². The normalized spacial score (nSPS) is 17.4. The fourth-order valence-electron chi connectivity index (χ4n) is 4.66. The number of likely N-dealkylation sites (tertiary alicyclic amines) is 1. The third kappa shape index (κ3) is 4.37. The zero-order valence-electron chi connectivity index (χ0n) is 21.1. The Hall–Kier alpha value is -3.98. The highest BCUT2D eigenvalue weighted by Gasteiger charge is 2.46. The molecule has 0 radical (unpaired) electrons. The number of benzene rings is 1. The lowest BCUT2D eigenvalue weighted by Gasteiger charge is -2.26. The van der Waals surface area contributed by atoms with E-state index < -0.39 is 23.7 Å². The summed E-state index contributed by atoms with van der Waals surface area (Å²) in [7, 11) is 5.18. The van der Waals surface area contributed by atoms with Gasteiger partial charge < -0.3 is 19.6 Å². The number of hydrogen-bond donors (Lipinski definition) is 1. The number of rotatable bonds is 7. The Morgan fingerprint density at radius 3 is 2.47 bits per heavy atom. The highest BCUT2D eigenvalue weighted by atomic mass is 16.5. The number of amides is 1. The Kier molecular flexibility index (Phi) is 6.94. The van der Waals surface area contributed by atoms with Crippen molar-refractivity contribution in [2.24, 2.45) is 0 Å². The first-order valence-electron chi connectivity index (χ1n) is 11.7. The van der Waals surface area contributed by atoms with E-state index in [-0.39, 0.29) is 11.3 Å². The van der Waals surface area contributed by atoms with Crippen molar-refractivity contribution in [1.29, 1.82) is 0 Å². The molecule has 0 bridgehead atoms. The zero-order valence-corrected chi connectivity index (χ0v) is 21.1. The van der Waals surface area contributed by atoms with Crippen LogP contribution in [0.1, 0.15) is 45.3 Å². The Balaban J connectivity index is 1.88. The van der Waals surface area contributed by atoms with Crippen LogP contribution in [0, 0.1) is 13.8 Å². The van der Waals surface area contributed by atoms with Gasteiger partial charge in [-0.25, -0.2) is 9.78 Å². The minimum Gasteiger partial charge on any atom is -0.505 e. The number of imidazole rings is 1. The highest BCUT2D eigenvalue weighted by Crippen LogP contribution is 2.40. The topological polar surface area (TPSA) is 104 Å². The number of ether oxygens (including phenoxy) is 1. The molecule has 9 nitrogen and oxygen atoms in total. The second-order valence-electron chi connectivity index (χ2n) is 9.19. The van der Waals surface area contributed by atoms with E-state index in [0.29, 0.717) is 41.1 Å². The molecular weight excluding hydrogens is 460 g/mol. The SMILES string of the molecule is COC(=O)c1ccc([C@@H]2/C(=C(\O)c3c(C)nc4c(C)cccn34)C(=O)C(=O)N2CCCN(C)C)cc1. The number of esters is 1. The summed E-state index contributed by atoms with van der Waals surface area (Å²) in [6, 6.07) is 9.48. The van der Waals surface area contributed by atoms with Crippen LogP contribution in [0.3, 0.4) is 0 Å². The van der Waals surface area contributed by atoms with E-state index >= 15 is 0 Å². The number of aliphatic hydroxyl groups is 1.